The third-order valence-corrected chi connectivity index (χ3v) is 1.51. The molecule has 0 radical (unpaired) electrons. The van der Waals surface area contributed by atoms with E-state index in [1.54, 1.807) is 0 Å². The molecular weight excluding hydrogens is 150 g/mol. The summed E-state index contributed by atoms with van der Waals surface area (Å²) in [5.74, 6) is 0.937. The number of unbranched alkanes of at least 4 members (excludes halogenated alkanes) is 3. The molecule has 60 valence electrons. The Balaban J connectivity index is 2.70. The quantitative estimate of drug-likeness (QED) is 0.270. The third-order valence-electron chi connectivity index (χ3n) is 1.20. The van der Waals surface area contributed by atoms with Crippen molar-refractivity contribution < 1.29 is 4.84 Å². The van der Waals surface area contributed by atoms with Gasteiger partial charge in [0.05, 0.1) is 0 Å². The van der Waals surface area contributed by atoms with Crippen molar-refractivity contribution in [3.63, 3.8) is 0 Å². The molecule has 10 heavy (non-hydrogen) atoms. The summed E-state index contributed by atoms with van der Waals surface area (Å²) in [6, 6.07) is 0. The predicted molar refractivity (Wildman–Crippen MR) is 44.1 cm³/mol. The Kier molecular flexibility index (Phi) is 8.53. The van der Waals surface area contributed by atoms with Crippen LogP contribution in [-0.2, 0) is 4.84 Å². The molecule has 0 unspecified atom stereocenters. The molecule has 3 nitrogen and oxygen atoms in total. The first kappa shape index (κ1) is 9.75. The van der Waals surface area contributed by atoms with Crippen LogP contribution in [0.5, 0.6) is 0 Å². The van der Waals surface area contributed by atoms with Gasteiger partial charge in [0.1, 0.15) is 6.61 Å². The Morgan fingerprint density at radius 3 is 2.50 bits per heavy atom. The van der Waals surface area contributed by atoms with Crippen LogP contribution in [0.3, 0.4) is 0 Å². The molecule has 0 rings (SSSR count). The molecule has 0 aromatic carbocycles. The highest BCUT2D eigenvalue weighted by atomic mass is 32.1. The monoisotopic (exact) mass is 163 g/mol. The van der Waals surface area contributed by atoms with Crippen molar-refractivity contribution in [1.82, 2.24) is 0 Å². The lowest BCUT2D eigenvalue weighted by molar-refractivity contribution is 0.135. The van der Waals surface area contributed by atoms with Crippen molar-refractivity contribution in [2.24, 2.45) is 5.34 Å². The molecular formula is C6H13NO2S. The summed E-state index contributed by atoms with van der Waals surface area (Å²) in [4.78, 5) is 13.7. The van der Waals surface area contributed by atoms with E-state index >= 15 is 0 Å². The Hall–Kier alpha value is -0.250. The summed E-state index contributed by atoms with van der Waals surface area (Å²) in [5, 5.41) is 2.29. The van der Waals surface area contributed by atoms with Gasteiger partial charge in [-0.2, -0.15) is 12.6 Å². The second kappa shape index (κ2) is 8.75. The van der Waals surface area contributed by atoms with Gasteiger partial charge in [0.2, 0.25) is 0 Å². The lowest BCUT2D eigenvalue weighted by atomic mass is 10.2. The molecule has 0 amide bonds. The van der Waals surface area contributed by atoms with Crippen LogP contribution in [0.25, 0.3) is 0 Å². The molecule has 0 atom stereocenters. The minimum atomic E-state index is 0.454. The van der Waals surface area contributed by atoms with Crippen LogP contribution < -0.4 is 0 Å². The molecule has 0 heterocycles. The summed E-state index contributed by atoms with van der Waals surface area (Å²) in [6.45, 7) is 0.454. The zero-order chi connectivity index (χ0) is 7.66. The van der Waals surface area contributed by atoms with E-state index < -0.39 is 0 Å². The lowest BCUT2D eigenvalue weighted by Crippen LogP contribution is -1.87. The molecule has 0 aromatic heterocycles. The van der Waals surface area contributed by atoms with Crippen LogP contribution in [-0.4, -0.2) is 12.4 Å². The van der Waals surface area contributed by atoms with Crippen molar-refractivity contribution in [3.05, 3.63) is 4.91 Å². The van der Waals surface area contributed by atoms with Crippen LogP contribution in [0.2, 0.25) is 0 Å². The molecule has 0 aliphatic heterocycles. The van der Waals surface area contributed by atoms with Gasteiger partial charge in [0, 0.05) is 0 Å². The Bertz CT molecular complexity index is 80.1. The SMILES string of the molecule is O=NOCCCCCCS. The minimum absolute atomic E-state index is 0.454. The molecule has 4 heteroatoms. The second-order valence-electron chi connectivity index (χ2n) is 2.05. The van der Waals surface area contributed by atoms with E-state index in [1.165, 1.54) is 0 Å². The summed E-state index contributed by atoms with van der Waals surface area (Å²) in [5.41, 5.74) is 0. The van der Waals surface area contributed by atoms with Crippen LogP contribution in [0.1, 0.15) is 25.7 Å². The average molecular weight is 163 g/mol. The first-order chi connectivity index (χ1) is 4.91. The molecule has 0 fully saturated rings. The molecule has 0 aliphatic rings. The minimum Gasteiger partial charge on any atom is -0.364 e. The topological polar surface area (TPSA) is 38.7 Å². The first-order valence-electron chi connectivity index (χ1n) is 3.47. The summed E-state index contributed by atoms with van der Waals surface area (Å²) in [6.07, 6.45) is 4.30. The van der Waals surface area contributed by atoms with Gasteiger partial charge in [0.25, 0.3) is 0 Å². The Labute approximate surface area is 66.5 Å². The van der Waals surface area contributed by atoms with E-state index in [1.807, 2.05) is 0 Å². The highest BCUT2D eigenvalue weighted by Gasteiger charge is 1.88. The molecule has 0 bridgehead atoms. The van der Waals surface area contributed by atoms with Crippen LogP contribution in [0, 0.1) is 4.91 Å². The van der Waals surface area contributed by atoms with E-state index in [-0.39, 0.29) is 0 Å². The number of hydrogen-bond donors (Lipinski definition) is 1. The van der Waals surface area contributed by atoms with Crippen molar-refractivity contribution in [2.45, 2.75) is 25.7 Å². The number of thiol groups is 1. The highest BCUT2D eigenvalue weighted by molar-refractivity contribution is 7.80. The van der Waals surface area contributed by atoms with Gasteiger partial charge in [-0.15, -0.1) is 4.91 Å². The first-order valence-corrected chi connectivity index (χ1v) is 4.10. The van der Waals surface area contributed by atoms with E-state index in [2.05, 4.69) is 22.8 Å². The van der Waals surface area contributed by atoms with Crippen molar-refractivity contribution in [2.75, 3.05) is 12.4 Å². The van der Waals surface area contributed by atoms with Crippen molar-refractivity contribution in [3.8, 4) is 0 Å². The molecule has 0 N–H and O–H groups in total. The fourth-order valence-corrected chi connectivity index (χ4v) is 0.893. The maximum Gasteiger partial charge on any atom is 0.155 e. The summed E-state index contributed by atoms with van der Waals surface area (Å²) < 4.78 is 0. The van der Waals surface area contributed by atoms with E-state index in [0.29, 0.717) is 6.61 Å². The summed E-state index contributed by atoms with van der Waals surface area (Å²) in [7, 11) is 0. The van der Waals surface area contributed by atoms with Crippen LogP contribution in [0.4, 0.5) is 0 Å². The molecule has 0 saturated carbocycles. The molecule has 0 aliphatic carbocycles. The lowest BCUT2D eigenvalue weighted by Gasteiger charge is -1.95. The predicted octanol–water partition coefficient (Wildman–Crippen LogP) is 2.17. The summed E-state index contributed by atoms with van der Waals surface area (Å²) >= 11 is 4.06. The maximum atomic E-state index is 9.41. The highest BCUT2D eigenvalue weighted by Crippen LogP contribution is 2.00. The van der Waals surface area contributed by atoms with E-state index in [0.717, 1.165) is 31.4 Å². The van der Waals surface area contributed by atoms with Gasteiger partial charge in [-0.1, -0.05) is 6.42 Å². The van der Waals surface area contributed by atoms with E-state index in [9.17, 15) is 4.91 Å². The average Bonchev–Trinajstić information content (AvgIpc) is 1.97. The van der Waals surface area contributed by atoms with Crippen molar-refractivity contribution in [1.29, 1.82) is 0 Å². The number of rotatable bonds is 7. The van der Waals surface area contributed by atoms with Gasteiger partial charge >= 0.3 is 0 Å². The molecule has 0 spiro atoms. The second-order valence-corrected chi connectivity index (χ2v) is 2.49. The van der Waals surface area contributed by atoms with Crippen LogP contribution >= 0.6 is 12.6 Å². The zero-order valence-electron chi connectivity index (χ0n) is 5.95. The Morgan fingerprint density at radius 1 is 1.20 bits per heavy atom. The van der Waals surface area contributed by atoms with Gasteiger partial charge < -0.3 is 4.84 Å². The molecule has 0 saturated heterocycles. The van der Waals surface area contributed by atoms with Gasteiger partial charge in [-0.3, -0.25) is 0 Å². The maximum absolute atomic E-state index is 9.41. The van der Waals surface area contributed by atoms with Gasteiger partial charge in [0.15, 0.2) is 5.34 Å². The molecule has 0 aromatic rings. The standard InChI is InChI=1S/C6H13NO2S/c8-7-9-5-3-1-2-4-6-10/h10H,1-6H2. The van der Waals surface area contributed by atoms with Gasteiger partial charge in [-0.25, -0.2) is 0 Å². The smallest absolute Gasteiger partial charge is 0.155 e. The van der Waals surface area contributed by atoms with Crippen LogP contribution in [0.15, 0.2) is 5.34 Å². The number of nitrogens with zero attached hydrogens (tertiary/aromatic N) is 1. The fraction of sp³-hybridized carbons (Fsp3) is 1.00. The van der Waals surface area contributed by atoms with E-state index in [4.69, 9.17) is 0 Å². The third kappa shape index (κ3) is 7.75. The largest absolute Gasteiger partial charge is 0.364 e. The number of hydrogen-bond acceptors (Lipinski definition) is 4. The normalized spacial score (nSPS) is 9.30. The Morgan fingerprint density at radius 2 is 1.90 bits per heavy atom. The fourth-order valence-electron chi connectivity index (χ4n) is 0.669. The van der Waals surface area contributed by atoms with Gasteiger partial charge in [-0.05, 0) is 25.0 Å². The zero-order valence-corrected chi connectivity index (χ0v) is 6.85. The van der Waals surface area contributed by atoms with Crippen molar-refractivity contribution >= 4 is 12.6 Å².